The van der Waals surface area contributed by atoms with Crippen LogP contribution in [0.15, 0.2) is 24.3 Å². The minimum absolute atomic E-state index is 0.865. The average Bonchev–Trinajstić information content (AvgIpc) is 2.04. The van der Waals surface area contributed by atoms with Gasteiger partial charge in [-0.05, 0) is 25.7 Å². The van der Waals surface area contributed by atoms with Gasteiger partial charge in [-0.3, -0.25) is 0 Å². The van der Waals surface area contributed by atoms with Gasteiger partial charge in [0, 0.05) is 0 Å². The van der Waals surface area contributed by atoms with Gasteiger partial charge in [-0.15, -0.1) is 0 Å². The summed E-state index contributed by atoms with van der Waals surface area (Å²) in [6.07, 6.45) is 7.98. The van der Waals surface area contributed by atoms with E-state index >= 15 is 0 Å². The maximum Gasteiger partial charge on any atom is -0.0342 e. The molecular formula is C11H20. The van der Waals surface area contributed by atoms with Crippen molar-refractivity contribution in [2.24, 2.45) is 5.92 Å². The first-order valence-corrected chi connectivity index (χ1v) is 4.49. The predicted octanol–water partition coefficient (Wildman–Crippen LogP) is 3.95. The second kappa shape index (κ2) is 6.21. The fourth-order valence-electron chi connectivity index (χ4n) is 0.883. The van der Waals surface area contributed by atoms with Crippen molar-refractivity contribution in [3.63, 3.8) is 0 Å². The van der Waals surface area contributed by atoms with E-state index in [1.807, 2.05) is 6.08 Å². The van der Waals surface area contributed by atoms with Crippen molar-refractivity contribution in [3.05, 3.63) is 24.3 Å². The van der Waals surface area contributed by atoms with Crippen LogP contribution in [-0.2, 0) is 0 Å². The Bertz CT molecular complexity index is 131. The zero-order chi connectivity index (χ0) is 8.69. The fourth-order valence-corrected chi connectivity index (χ4v) is 0.883. The molecule has 1 atom stereocenters. The first-order valence-electron chi connectivity index (χ1n) is 4.49. The number of rotatable bonds is 5. The summed E-state index contributed by atoms with van der Waals surface area (Å²) in [4.78, 5) is 0. The van der Waals surface area contributed by atoms with E-state index in [9.17, 15) is 0 Å². The van der Waals surface area contributed by atoms with Gasteiger partial charge in [-0.2, -0.15) is 0 Å². The van der Waals surface area contributed by atoms with Crippen molar-refractivity contribution >= 4 is 0 Å². The van der Waals surface area contributed by atoms with Crippen LogP contribution in [-0.4, -0.2) is 0 Å². The van der Waals surface area contributed by atoms with Gasteiger partial charge in [0.2, 0.25) is 0 Å². The van der Waals surface area contributed by atoms with Crippen molar-refractivity contribution in [3.8, 4) is 0 Å². The minimum atomic E-state index is 0.865. The highest BCUT2D eigenvalue weighted by Crippen LogP contribution is 2.10. The lowest BCUT2D eigenvalue weighted by atomic mass is 10.0. The van der Waals surface area contributed by atoms with E-state index in [0.717, 1.165) is 5.92 Å². The molecule has 0 saturated carbocycles. The Morgan fingerprint density at radius 1 is 1.55 bits per heavy atom. The highest BCUT2D eigenvalue weighted by atomic mass is 14.0. The molecule has 0 aromatic rings. The Kier molecular flexibility index (Phi) is 5.91. The van der Waals surface area contributed by atoms with Crippen LogP contribution in [0.3, 0.4) is 0 Å². The third kappa shape index (κ3) is 5.90. The monoisotopic (exact) mass is 152 g/mol. The number of allylic oxidation sites excluding steroid dienone is 3. The lowest BCUT2D eigenvalue weighted by molar-refractivity contribution is 0.521. The molecule has 0 aromatic heterocycles. The molecule has 0 amide bonds. The Morgan fingerprint density at radius 2 is 2.18 bits per heavy atom. The molecule has 0 aliphatic carbocycles. The number of hydrogen-bond donors (Lipinski definition) is 0. The van der Waals surface area contributed by atoms with Gasteiger partial charge in [-0.1, -0.05) is 44.6 Å². The molecular weight excluding hydrogens is 132 g/mol. The second-order valence-corrected chi connectivity index (χ2v) is 3.24. The van der Waals surface area contributed by atoms with Gasteiger partial charge >= 0.3 is 0 Å². The van der Waals surface area contributed by atoms with Crippen LogP contribution in [0.2, 0.25) is 0 Å². The normalized spacial score (nSPS) is 14.6. The number of hydrogen-bond acceptors (Lipinski definition) is 0. The maximum atomic E-state index is 3.71. The van der Waals surface area contributed by atoms with Gasteiger partial charge in [-0.25, -0.2) is 0 Å². The molecule has 0 aliphatic rings. The Balaban J connectivity index is 3.47. The third-order valence-electron chi connectivity index (χ3n) is 2.14. The molecule has 0 rings (SSSR count). The van der Waals surface area contributed by atoms with Gasteiger partial charge in [0.25, 0.3) is 0 Å². The first-order chi connectivity index (χ1) is 5.20. The fraction of sp³-hybridized carbons (Fsp3) is 0.636. The summed E-state index contributed by atoms with van der Waals surface area (Å²) < 4.78 is 0. The van der Waals surface area contributed by atoms with Gasteiger partial charge in [0.1, 0.15) is 0 Å². The van der Waals surface area contributed by atoms with Crippen molar-refractivity contribution < 1.29 is 0 Å². The van der Waals surface area contributed by atoms with Crippen molar-refractivity contribution in [2.75, 3.05) is 0 Å². The summed E-state index contributed by atoms with van der Waals surface area (Å²) in [6, 6.07) is 0. The van der Waals surface area contributed by atoms with E-state index in [1.165, 1.54) is 24.8 Å². The molecule has 11 heavy (non-hydrogen) atoms. The highest BCUT2D eigenvalue weighted by Gasteiger charge is 1.95. The Morgan fingerprint density at radius 3 is 2.64 bits per heavy atom. The lowest BCUT2D eigenvalue weighted by Crippen LogP contribution is -1.89. The summed E-state index contributed by atoms with van der Waals surface area (Å²) in [5.74, 6) is 0.865. The van der Waals surface area contributed by atoms with Crippen LogP contribution in [0, 0.1) is 5.92 Å². The topological polar surface area (TPSA) is 0 Å². The summed E-state index contributed by atoms with van der Waals surface area (Å²) in [6.45, 7) is 10.4. The van der Waals surface area contributed by atoms with Crippen LogP contribution in [0.5, 0.6) is 0 Å². The smallest absolute Gasteiger partial charge is 0.0342 e. The Hall–Kier alpha value is -0.520. The van der Waals surface area contributed by atoms with Crippen molar-refractivity contribution in [1.82, 2.24) is 0 Å². The van der Waals surface area contributed by atoms with Crippen LogP contribution >= 0.6 is 0 Å². The van der Waals surface area contributed by atoms with Crippen LogP contribution < -0.4 is 0 Å². The van der Waals surface area contributed by atoms with E-state index in [-0.39, 0.29) is 0 Å². The molecule has 0 aromatic carbocycles. The molecule has 1 unspecified atom stereocenters. The summed E-state index contributed by atoms with van der Waals surface area (Å²) in [5, 5.41) is 0. The molecule has 0 heteroatoms. The Labute approximate surface area is 71.0 Å². The zero-order valence-corrected chi connectivity index (χ0v) is 8.06. The predicted molar refractivity (Wildman–Crippen MR) is 52.6 cm³/mol. The summed E-state index contributed by atoms with van der Waals surface area (Å²) in [7, 11) is 0. The average molecular weight is 152 g/mol. The molecule has 0 heterocycles. The van der Waals surface area contributed by atoms with E-state index in [1.54, 1.807) is 0 Å². The third-order valence-corrected chi connectivity index (χ3v) is 2.14. The molecule has 0 aliphatic heterocycles. The van der Waals surface area contributed by atoms with Crippen molar-refractivity contribution in [1.29, 1.82) is 0 Å². The molecule has 0 saturated heterocycles. The van der Waals surface area contributed by atoms with E-state index in [0.29, 0.717) is 0 Å². The van der Waals surface area contributed by atoms with Crippen LogP contribution in [0.4, 0.5) is 0 Å². The van der Waals surface area contributed by atoms with Gasteiger partial charge in [0.05, 0.1) is 0 Å². The summed E-state index contributed by atoms with van der Waals surface area (Å²) >= 11 is 0. The van der Waals surface area contributed by atoms with Gasteiger partial charge < -0.3 is 0 Å². The lowest BCUT2D eigenvalue weighted by Gasteiger charge is -2.04. The molecule has 0 spiro atoms. The molecule has 0 N–H and O–H groups in total. The molecule has 0 fully saturated rings. The first kappa shape index (κ1) is 10.5. The van der Waals surface area contributed by atoms with E-state index in [4.69, 9.17) is 0 Å². The SMILES string of the molecule is C=CC(C)=CCCC(C)CC. The quantitative estimate of drug-likeness (QED) is 0.523. The van der Waals surface area contributed by atoms with E-state index in [2.05, 4.69) is 33.4 Å². The minimum Gasteiger partial charge on any atom is -0.0988 e. The largest absolute Gasteiger partial charge is 0.0988 e. The zero-order valence-electron chi connectivity index (χ0n) is 8.06. The molecule has 64 valence electrons. The molecule has 0 radical (unpaired) electrons. The molecule has 0 nitrogen and oxygen atoms in total. The van der Waals surface area contributed by atoms with Crippen LogP contribution in [0.1, 0.15) is 40.0 Å². The molecule has 0 bridgehead atoms. The second-order valence-electron chi connectivity index (χ2n) is 3.24. The standard InChI is InChI=1S/C11H20/c1-5-10(3)8-7-9-11(4)6-2/h5,8,11H,1,6-7,9H2,2-4H3. The summed E-state index contributed by atoms with van der Waals surface area (Å²) in [5.41, 5.74) is 1.30. The van der Waals surface area contributed by atoms with E-state index < -0.39 is 0 Å². The van der Waals surface area contributed by atoms with Gasteiger partial charge in [0.15, 0.2) is 0 Å². The van der Waals surface area contributed by atoms with Crippen LogP contribution in [0.25, 0.3) is 0 Å². The van der Waals surface area contributed by atoms with Crippen molar-refractivity contribution in [2.45, 2.75) is 40.0 Å². The maximum absolute atomic E-state index is 3.71. The highest BCUT2D eigenvalue weighted by molar-refractivity contribution is 5.12.